The van der Waals surface area contributed by atoms with Gasteiger partial charge in [0.2, 0.25) is 0 Å². The first-order valence-electron chi connectivity index (χ1n) is 6.18. The Labute approximate surface area is 104 Å². The molecule has 4 nitrogen and oxygen atoms in total. The molecule has 1 aliphatic rings. The topological polar surface area (TPSA) is 54.5 Å². The zero-order valence-electron chi connectivity index (χ0n) is 9.80. The number of aromatic amines is 1. The molecule has 0 radical (unpaired) electrons. The van der Waals surface area contributed by atoms with Gasteiger partial charge in [0, 0.05) is 23.1 Å². The summed E-state index contributed by atoms with van der Waals surface area (Å²) < 4.78 is 0. The van der Waals surface area contributed by atoms with Gasteiger partial charge in [-0.05, 0) is 25.0 Å². The summed E-state index contributed by atoms with van der Waals surface area (Å²) in [5.74, 6) is 2.39. The van der Waals surface area contributed by atoms with Crippen molar-refractivity contribution in [3.63, 3.8) is 0 Å². The third-order valence-corrected chi connectivity index (χ3v) is 3.35. The summed E-state index contributed by atoms with van der Waals surface area (Å²) in [6, 6.07) is 10.1. The molecule has 0 spiro atoms. The van der Waals surface area contributed by atoms with E-state index in [2.05, 4.69) is 26.2 Å². The van der Waals surface area contributed by atoms with Crippen LogP contribution in [0.1, 0.15) is 24.6 Å². The minimum absolute atomic E-state index is 0.597. The van der Waals surface area contributed by atoms with Crippen LogP contribution < -0.4 is 0 Å². The first kappa shape index (κ1) is 9.76. The number of H-pyrrole nitrogens is 1. The van der Waals surface area contributed by atoms with E-state index < -0.39 is 0 Å². The van der Waals surface area contributed by atoms with Gasteiger partial charge in [0.05, 0.1) is 5.52 Å². The summed E-state index contributed by atoms with van der Waals surface area (Å²) >= 11 is 0. The van der Waals surface area contributed by atoms with Crippen molar-refractivity contribution in [3.8, 4) is 11.4 Å². The quantitative estimate of drug-likeness (QED) is 0.744. The highest BCUT2D eigenvalue weighted by Gasteiger charge is 2.27. The Kier molecular flexibility index (Phi) is 1.97. The number of aromatic nitrogens is 4. The Bertz CT molecular complexity index is 707. The molecule has 0 unspecified atom stereocenters. The number of nitrogens with zero attached hydrogens (tertiary/aromatic N) is 3. The van der Waals surface area contributed by atoms with Gasteiger partial charge >= 0.3 is 0 Å². The van der Waals surface area contributed by atoms with E-state index in [1.807, 2.05) is 24.3 Å². The molecule has 1 saturated carbocycles. The lowest BCUT2D eigenvalue weighted by Crippen LogP contribution is -1.85. The molecule has 0 bridgehead atoms. The SMILES string of the molecule is c1cc(-c2n[nH]c(C3CC3)n2)c2cccnc2c1. The normalized spacial score (nSPS) is 15.1. The van der Waals surface area contributed by atoms with Gasteiger partial charge < -0.3 is 0 Å². The highest BCUT2D eigenvalue weighted by atomic mass is 15.2. The molecule has 2 heterocycles. The fraction of sp³-hybridized carbons (Fsp3) is 0.214. The second kappa shape index (κ2) is 3.63. The van der Waals surface area contributed by atoms with Crippen molar-refractivity contribution in [1.29, 1.82) is 0 Å². The van der Waals surface area contributed by atoms with Gasteiger partial charge in [-0.2, -0.15) is 5.10 Å². The Morgan fingerprint density at radius 1 is 1.11 bits per heavy atom. The number of hydrogen-bond acceptors (Lipinski definition) is 3. The molecule has 88 valence electrons. The van der Waals surface area contributed by atoms with Crippen LogP contribution in [-0.2, 0) is 0 Å². The fourth-order valence-corrected chi connectivity index (χ4v) is 2.23. The molecule has 0 aliphatic heterocycles. The van der Waals surface area contributed by atoms with Crippen LogP contribution in [0.15, 0.2) is 36.5 Å². The van der Waals surface area contributed by atoms with Crippen molar-refractivity contribution in [2.45, 2.75) is 18.8 Å². The van der Waals surface area contributed by atoms with Crippen LogP contribution in [0.4, 0.5) is 0 Å². The molecule has 1 aromatic carbocycles. The zero-order valence-corrected chi connectivity index (χ0v) is 9.80. The van der Waals surface area contributed by atoms with Crippen molar-refractivity contribution >= 4 is 10.9 Å². The highest BCUT2D eigenvalue weighted by Crippen LogP contribution is 2.38. The van der Waals surface area contributed by atoms with Crippen molar-refractivity contribution in [2.75, 3.05) is 0 Å². The van der Waals surface area contributed by atoms with Crippen molar-refractivity contribution < 1.29 is 0 Å². The summed E-state index contributed by atoms with van der Waals surface area (Å²) in [6.45, 7) is 0. The zero-order chi connectivity index (χ0) is 11.9. The van der Waals surface area contributed by atoms with Crippen LogP contribution in [0.25, 0.3) is 22.3 Å². The summed E-state index contributed by atoms with van der Waals surface area (Å²) in [5.41, 5.74) is 2.02. The minimum Gasteiger partial charge on any atom is -0.262 e. The number of hydrogen-bond donors (Lipinski definition) is 1. The van der Waals surface area contributed by atoms with Gasteiger partial charge in [0.25, 0.3) is 0 Å². The summed E-state index contributed by atoms with van der Waals surface area (Å²) in [7, 11) is 0. The van der Waals surface area contributed by atoms with E-state index in [4.69, 9.17) is 0 Å². The van der Waals surface area contributed by atoms with E-state index in [0.29, 0.717) is 5.92 Å². The van der Waals surface area contributed by atoms with Crippen LogP contribution in [0.2, 0.25) is 0 Å². The van der Waals surface area contributed by atoms with Gasteiger partial charge in [-0.15, -0.1) is 0 Å². The first-order valence-corrected chi connectivity index (χ1v) is 6.18. The molecular formula is C14H12N4. The van der Waals surface area contributed by atoms with Gasteiger partial charge in [-0.1, -0.05) is 18.2 Å². The molecule has 0 saturated heterocycles. The Hall–Kier alpha value is -2.23. The number of pyridine rings is 1. The first-order chi connectivity index (χ1) is 8.92. The molecule has 1 N–H and O–H groups in total. The number of rotatable bonds is 2. The summed E-state index contributed by atoms with van der Waals surface area (Å²) in [4.78, 5) is 8.95. The summed E-state index contributed by atoms with van der Waals surface area (Å²) in [5, 5.41) is 8.48. The number of fused-ring (bicyclic) bond motifs is 1. The van der Waals surface area contributed by atoms with Crippen LogP contribution in [0.5, 0.6) is 0 Å². The van der Waals surface area contributed by atoms with Crippen molar-refractivity contribution in [3.05, 3.63) is 42.4 Å². The van der Waals surface area contributed by atoms with Gasteiger partial charge in [0.1, 0.15) is 5.82 Å². The lowest BCUT2D eigenvalue weighted by atomic mass is 10.1. The monoisotopic (exact) mass is 236 g/mol. The summed E-state index contributed by atoms with van der Waals surface area (Å²) in [6.07, 6.45) is 4.26. The average Bonchev–Trinajstić information content (AvgIpc) is 3.16. The molecule has 1 aliphatic carbocycles. The second-order valence-electron chi connectivity index (χ2n) is 4.69. The second-order valence-corrected chi connectivity index (χ2v) is 4.69. The maximum atomic E-state index is 4.60. The Morgan fingerprint density at radius 3 is 2.94 bits per heavy atom. The van der Waals surface area contributed by atoms with E-state index in [0.717, 1.165) is 28.1 Å². The molecule has 4 rings (SSSR count). The molecule has 4 heteroatoms. The van der Waals surface area contributed by atoms with E-state index in [9.17, 15) is 0 Å². The van der Waals surface area contributed by atoms with E-state index >= 15 is 0 Å². The Morgan fingerprint density at radius 2 is 2.06 bits per heavy atom. The number of nitrogens with one attached hydrogen (secondary N) is 1. The molecule has 3 aromatic rings. The standard InChI is InChI=1S/C14H12N4/c1-3-11(10-4-2-8-15-12(10)5-1)14-16-13(17-18-14)9-6-7-9/h1-5,8-9H,6-7H2,(H,16,17,18). The molecule has 0 amide bonds. The van der Waals surface area contributed by atoms with Crippen molar-refractivity contribution in [1.82, 2.24) is 20.2 Å². The van der Waals surface area contributed by atoms with Gasteiger partial charge in [-0.25, -0.2) is 4.98 Å². The minimum atomic E-state index is 0.597. The van der Waals surface area contributed by atoms with Gasteiger partial charge in [-0.3, -0.25) is 10.1 Å². The van der Waals surface area contributed by atoms with E-state index in [1.54, 1.807) is 6.20 Å². The highest BCUT2D eigenvalue weighted by molar-refractivity contribution is 5.92. The molecule has 1 fully saturated rings. The van der Waals surface area contributed by atoms with Crippen molar-refractivity contribution in [2.24, 2.45) is 0 Å². The largest absolute Gasteiger partial charge is 0.262 e. The Balaban J connectivity index is 1.89. The lowest BCUT2D eigenvalue weighted by Gasteiger charge is -2.01. The molecule has 2 aromatic heterocycles. The fourth-order valence-electron chi connectivity index (χ4n) is 2.23. The van der Waals surface area contributed by atoms with Crippen LogP contribution >= 0.6 is 0 Å². The van der Waals surface area contributed by atoms with Crippen LogP contribution in [0.3, 0.4) is 0 Å². The molecular weight excluding hydrogens is 224 g/mol. The lowest BCUT2D eigenvalue weighted by molar-refractivity contribution is 0.935. The average molecular weight is 236 g/mol. The van der Waals surface area contributed by atoms with Crippen LogP contribution in [-0.4, -0.2) is 20.2 Å². The molecule has 18 heavy (non-hydrogen) atoms. The predicted molar refractivity (Wildman–Crippen MR) is 69.1 cm³/mol. The third-order valence-electron chi connectivity index (χ3n) is 3.35. The maximum absolute atomic E-state index is 4.60. The van der Waals surface area contributed by atoms with Crippen LogP contribution in [0, 0.1) is 0 Å². The van der Waals surface area contributed by atoms with E-state index in [1.165, 1.54) is 12.8 Å². The number of benzene rings is 1. The third kappa shape index (κ3) is 1.49. The predicted octanol–water partition coefficient (Wildman–Crippen LogP) is 2.90. The van der Waals surface area contributed by atoms with Gasteiger partial charge in [0.15, 0.2) is 5.82 Å². The van der Waals surface area contributed by atoms with E-state index in [-0.39, 0.29) is 0 Å². The smallest absolute Gasteiger partial charge is 0.181 e. The maximum Gasteiger partial charge on any atom is 0.181 e. The molecule has 0 atom stereocenters.